The quantitative estimate of drug-likeness (QED) is 0.687. The van der Waals surface area contributed by atoms with Gasteiger partial charge in [-0.05, 0) is 29.6 Å². The maximum atomic E-state index is 13.5. The lowest BCUT2D eigenvalue weighted by Crippen LogP contribution is -1.94. The summed E-state index contributed by atoms with van der Waals surface area (Å²) in [4.78, 5) is 0.952. The fourth-order valence-electron chi connectivity index (χ4n) is 1.30. The van der Waals surface area contributed by atoms with E-state index < -0.39 is 5.38 Å². The molecule has 0 fully saturated rings. The Bertz CT molecular complexity index is 456. The van der Waals surface area contributed by atoms with Crippen molar-refractivity contribution in [2.75, 3.05) is 0 Å². The van der Waals surface area contributed by atoms with Crippen molar-refractivity contribution in [1.82, 2.24) is 0 Å². The van der Waals surface area contributed by atoms with Gasteiger partial charge in [-0.15, -0.1) is 22.9 Å². The molecule has 2 aromatic rings. The first kappa shape index (κ1) is 11.1. The molecule has 78 valence electrons. The number of rotatable bonds is 2. The molecule has 0 spiro atoms. The van der Waals surface area contributed by atoms with Crippen molar-refractivity contribution in [1.29, 1.82) is 0 Å². The smallest absolute Gasteiger partial charge is 0.128 e. The van der Waals surface area contributed by atoms with Crippen molar-refractivity contribution in [3.8, 4) is 0 Å². The van der Waals surface area contributed by atoms with Crippen molar-refractivity contribution in [2.24, 2.45) is 0 Å². The second-order valence-corrected chi connectivity index (χ2v) is 5.38. The summed E-state index contributed by atoms with van der Waals surface area (Å²) in [6.07, 6.45) is 0. The number of hydrogen-bond donors (Lipinski definition) is 0. The van der Waals surface area contributed by atoms with Gasteiger partial charge >= 0.3 is 0 Å². The molecule has 0 aliphatic heterocycles. The van der Waals surface area contributed by atoms with Gasteiger partial charge in [-0.1, -0.05) is 22.0 Å². The second kappa shape index (κ2) is 4.64. The monoisotopic (exact) mass is 304 g/mol. The van der Waals surface area contributed by atoms with Crippen LogP contribution in [0.1, 0.15) is 15.8 Å². The first-order valence-corrected chi connectivity index (χ1v) is 6.42. The highest BCUT2D eigenvalue weighted by atomic mass is 79.9. The largest absolute Gasteiger partial charge is 0.207 e. The van der Waals surface area contributed by atoms with E-state index in [4.69, 9.17) is 11.6 Å². The maximum absolute atomic E-state index is 13.5. The minimum Gasteiger partial charge on any atom is -0.207 e. The average molecular weight is 306 g/mol. The maximum Gasteiger partial charge on any atom is 0.128 e. The molecule has 1 heterocycles. The van der Waals surface area contributed by atoms with Gasteiger partial charge in [-0.25, -0.2) is 4.39 Å². The van der Waals surface area contributed by atoms with Crippen LogP contribution in [0.4, 0.5) is 4.39 Å². The molecule has 0 nitrogen and oxygen atoms in total. The molecule has 4 heteroatoms. The molecule has 0 saturated carbocycles. The van der Waals surface area contributed by atoms with E-state index in [-0.39, 0.29) is 5.82 Å². The Morgan fingerprint density at radius 2 is 2.13 bits per heavy atom. The second-order valence-electron chi connectivity index (χ2n) is 3.04. The van der Waals surface area contributed by atoms with E-state index in [1.165, 1.54) is 17.4 Å². The van der Waals surface area contributed by atoms with Crippen molar-refractivity contribution >= 4 is 38.9 Å². The van der Waals surface area contributed by atoms with Gasteiger partial charge in [0.15, 0.2) is 0 Å². The summed E-state index contributed by atoms with van der Waals surface area (Å²) in [6, 6.07) is 8.61. The lowest BCUT2D eigenvalue weighted by atomic mass is 10.1. The molecule has 0 aliphatic rings. The van der Waals surface area contributed by atoms with Crippen LogP contribution in [-0.4, -0.2) is 0 Å². The molecule has 1 aromatic carbocycles. The fraction of sp³-hybridized carbons (Fsp3) is 0.0909. The Labute approximate surface area is 105 Å². The summed E-state index contributed by atoms with van der Waals surface area (Å²) < 4.78 is 14.3. The van der Waals surface area contributed by atoms with Gasteiger partial charge in [0.25, 0.3) is 0 Å². The van der Waals surface area contributed by atoms with Crippen LogP contribution >= 0.6 is 38.9 Å². The zero-order valence-electron chi connectivity index (χ0n) is 7.58. The molecule has 2 rings (SSSR count). The third-order valence-corrected chi connectivity index (χ3v) is 4.05. The molecule has 0 aliphatic carbocycles. The van der Waals surface area contributed by atoms with Crippen LogP contribution in [0, 0.1) is 5.82 Å². The molecule has 0 amide bonds. The number of hydrogen-bond acceptors (Lipinski definition) is 1. The summed E-state index contributed by atoms with van der Waals surface area (Å²) in [7, 11) is 0. The summed E-state index contributed by atoms with van der Waals surface area (Å²) in [5, 5.41) is 1.52. The van der Waals surface area contributed by atoms with Gasteiger partial charge in [-0.2, -0.15) is 0 Å². The van der Waals surface area contributed by atoms with Crippen molar-refractivity contribution in [3.05, 3.63) is 56.4 Å². The van der Waals surface area contributed by atoms with Gasteiger partial charge in [0.05, 0.1) is 5.38 Å². The third-order valence-electron chi connectivity index (χ3n) is 2.02. The van der Waals surface area contributed by atoms with Crippen molar-refractivity contribution in [2.45, 2.75) is 5.38 Å². The van der Waals surface area contributed by atoms with Crippen molar-refractivity contribution in [3.63, 3.8) is 0 Å². The zero-order chi connectivity index (χ0) is 10.8. The van der Waals surface area contributed by atoms with Gasteiger partial charge in [0.2, 0.25) is 0 Å². The van der Waals surface area contributed by atoms with Crippen LogP contribution in [0.2, 0.25) is 0 Å². The van der Waals surface area contributed by atoms with Crippen LogP contribution in [0.5, 0.6) is 0 Å². The number of thiophene rings is 1. The highest BCUT2D eigenvalue weighted by Crippen LogP contribution is 2.34. The summed E-state index contributed by atoms with van der Waals surface area (Å²) in [5.74, 6) is -0.272. The summed E-state index contributed by atoms with van der Waals surface area (Å²) in [5.41, 5.74) is 0.508. The summed E-state index contributed by atoms with van der Waals surface area (Å²) in [6.45, 7) is 0. The molecule has 1 atom stereocenters. The lowest BCUT2D eigenvalue weighted by molar-refractivity contribution is 0.612. The molecule has 0 N–H and O–H groups in total. The lowest BCUT2D eigenvalue weighted by Gasteiger charge is -2.09. The Kier molecular flexibility index (Phi) is 3.44. The topological polar surface area (TPSA) is 0 Å². The Hall–Kier alpha value is -0.380. The molecule has 1 unspecified atom stereocenters. The first-order chi connectivity index (χ1) is 7.18. The molecule has 15 heavy (non-hydrogen) atoms. The van der Waals surface area contributed by atoms with E-state index in [1.807, 2.05) is 17.5 Å². The third kappa shape index (κ3) is 2.41. The Morgan fingerprint density at radius 1 is 1.33 bits per heavy atom. The fourth-order valence-corrected chi connectivity index (χ4v) is 2.79. The SMILES string of the molecule is Fc1ccc(Br)cc1C(Cl)c1cccs1. The predicted octanol–water partition coefficient (Wildman–Crippen LogP) is 4.98. The predicted molar refractivity (Wildman–Crippen MR) is 66.1 cm³/mol. The van der Waals surface area contributed by atoms with Gasteiger partial charge in [-0.3, -0.25) is 0 Å². The molecular weight excluding hydrogens is 299 g/mol. The van der Waals surface area contributed by atoms with Crippen LogP contribution in [0.25, 0.3) is 0 Å². The minimum atomic E-state index is -0.414. The van der Waals surface area contributed by atoms with E-state index in [1.54, 1.807) is 12.1 Å². The molecular formula is C11H7BrClFS. The summed E-state index contributed by atoms with van der Waals surface area (Å²) >= 11 is 11.0. The molecule has 0 radical (unpaired) electrons. The molecule has 1 aromatic heterocycles. The van der Waals surface area contributed by atoms with E-state index in [9.17, 15) is 4.39 Å². The number of benzene rings is 1. The average Bonchev–Trinajstić information content (AvgIpc) is 2.74. The molecule has 0 saturated heterocycles. The van der Waals surface area contributed by atoms with Gasteiger partial charge < -0.3 is 0 Å². The highest BCUT2D eigenvalue weighted by Gasteiger charge is 2.16. The standard InChI is InChI=1S/C11H7BrClFS/c12-7-3-4-9(14)8(6-7)11(13)10-2-1-5-15-10/h1-6,11H. The van der Waals surface area contributed by atoms with E-state index >= 15 is 0 Å². The van der Waals surface area contributed by atoms with Crippen LogP contribution in [0.3, 0.4) is 0 Å². The zero-order valence-corrected chi connectivity index (χ0v) is 10.7. The van der Waals surface area contributed by atoms with Gasteiger partial charge in [0.1, 0.15) is 5.82 Å². The first-order valence-electron chi connectivity index (χ1n) is 4.31. The minimum absolute atomic E-state index is 0.272. The van der Waals surface area contributed by atoms with E-state index in [0.717, 1.165) is 9.35 Å². The number of alkyl halides is 1. The number of halogens is 3. The van der Waals surface area contributed by atoms with Crippen LogP contribution in [-0.2, 0) is 0 Å². The van der Waals surface area contributed by atoms with Crippen LogP contribution < -0.4 is 0 Å². The normalized spacial score (nSPS) is 12.7. The van der Waals surface area contributed by atoms with E-state index in [0.29, 0.717) is 5.56 Å². The van der Waals surface area contributed by atoms with Crippen LogP contribution in [0.15, 0.2) is 40.2 Å². The van der Waals surface area contributed by atoms with Crippen molar-refractivity contribution < 1.29 is 4.39 Å². The Balaban J connectivity index is 2.41. The molecule has 0 bridgehead atoms. The van der Waals surface area contributed by atoms with E-state index in [2.05, 4.69) is 15.9 Å². The van der Waals surface area contributed by atoms with Gasteiger partial charge in [0, 0.05) is 14.9 Å². The Morgan fingerprint density at radius 3 is 2.80 bits per heavy atom. The highest BCUT2D eigenvalue weighted by molar-refractivity contribution is 9.10.